The maximum absolute atomic E-state index is 12.4. The Hall–Kier alpha value is -2.37. The Morgan fingerprint density at radius 2 is 2.15 bits per heavy atom. The van der Waals surface area contributed by atoms with Crippen molar-refractivity contribution < 1.29 is 18.7 Å². The molecule has 6 heteroatoms. The summed E-state index contributed by atoms with van der Waals surface area (Å²) < 4.78 is 25.9. The van der Waals surface area contributed by atoms with E-state index >= 15 is 0 Å². The standard InChI is InChI=1S/C14H14F2N2O2/c1-9-4-5-10(12(19)7-9)17-14(20)11-3-2-6-18(11)8-13(15)16/h2-7,13,19H,8H2,1H3,(H,17,20). The van der Waals surface area contributed by atoms with E-state index in [-0.39, 0.29) is 17.1 Å². The number of halogens is 2. The van der Waals surface area contributed by atoms with Crippen LogP contribution in [-0.2, 0) is 6.54 Å². The number of aromatic hydroxyl groups is 1. The summed E-state index contributed by atoms with van der Waals surface area (Å²) >= 11 is 0. The van der Waals surface area contributed by atoms with Crippen LogP contribution in [0.15, 0.2) is 36.5 Å². The molecule has 0 radical (unpaired) electrons. The Morgan fingerprint density at radius 1 is 1.40 bits per heavy atom. The maximum Gasteiger partial charge on any atom is 0.272 e. The first-order chi connectivity index (χ1) is 9.47. The molecule has 0 saturated heterocycles. The lowest BCUT2D eigenvalue weighted by Crippen LogP contribution is -2.18. The minimum atomic E-state index is -2.54. The molecule has 20 heavy (non-hydrogen) atoms. The number of phenols is 1. The summed E-state index contributed by atoms with van der Waals surface area (Å²) in [6.45, 7) is 1.26. The number of alkyl halides is 2. The summed E-state index contributed by atoms with van der Waals surface area (Å²) in [5.74, 6) is -0.611. The normalized spacial score (nSPS) is 10.8. The maximum atomic E-state index is 12.4. The van der Waals surface area contributed by atoms with E-state index in [1.165, 1.54) is 29.0 Å². The molecule has 0 spiro atoms. The monoisotopic (exact) mass is 280 g/mol. The minimum Gasteiger partial charge on any atom is -0.506 e. The van der Waals surface area contributed by atoms with Crippen molar-refractivity contribution in [3.63, 3.8) is 0 Å². The lowest BCUT2D eigenvalue weighted by Gasteiger charge is -2.10. The van der Waals surface area contributed by atoms with Crippen LogP contribution in [0.1, 0.15) is 16.1 Å². The second kappa shape index (κ2) is 5.73. The van der Waals surface area contributed by atoms with E-state index < -0.39 is 18.9 Å². The molecule has 106 valence electrons. The highest BCUT2D eigenvalue weighted by Gasteiger charge is 2.15. The second-order valence-corrected chi connectivity index (χ2v) is 4.41. The number of aryl methyl sites for hydroxylation is 1. The zero-order valence-corrected chi connectivity index (χ0v) is 10.8. The van der Waals surface area contributed by atoms with Crippen molar-refractivity contribution in [2.75, 3.05) is 5.32 Å². The molecule has 0 aliphatic carbocycles. The Morgan fingerprint density at radius 3 is 2.80 bits per heavy atom. The van der Waals surface area contributed by atoms with Crippen LogP contribution in [0, 0.1) is 6.92 Å². The Balaban J connectivity index is 2.18. The van der Waals surface area contributed by atoms with Gasteiger partial charge in [0.25, 0.3) is 12.3 Å². The van der Waals surface area contributed by atoms with Gasteiger partial charge < -0.3 is 15.0 Å². The van der Waals surface area contributed by atoms with E-state index in [2.05, 4.69) is 5.32 Å². The van der Waals surface area contributed by atoms with Crippen molar-refractivity contribution in [2.24, 2.45) is 0 Å². The third-order valence-corrected chi connectivity index (χ3v) is 2.80. The molecular weight excluding hydrogens is 266 g/mol. The highest BCUT2D eigenvalue weighted by Crippen LogP contribution is 2.24. The van der Waals surface area contributed by atoms with Gasteiger partial charge >= 0.3 is 0 Å². The molecule has 1 aromatic heterocycles. The van der Waals surface area contributed by atoms with E-state index in [9.17, 15) is 18.7 Å². The van der Waals surface area contributed by atoms with E-state index in [1.807, 2.05) is 0 Å². The molecule has 1 heterocycles. The predicted molar refractivity (Wildman–Crippen MR) is 71.2 cm³/mol. The molecular formula is C14H14F2N2O2. The molecule has 0 saturated carbocycles. The number of nitrogens with zero attached hydrogens (tertiary/aromatic N) is 1. The van der Waals surface area contributed by atoms with Gasteiger partial charge in [-0.25, -0.2) is 8.78 Å². The fourth-order valence-corrected chi connectivity index (χ4v) is 1.86. The smallest absolute Gasteiger partial charge is 0.272 e. The first-order valence-corrected chi connectivity index (χ1v) is 6.01. The van der Waals surface area contributed by atoms with Crippen LogP contribution in [0.2, 0.25) is 0 Å². The number of amides is 1. The molecule has 0 atom stereocenters. The number of carbonyl (C=O) groups excluding carboxylic acids is 1. The lowest BCUT2D eigenvalue weighted by molar-refractivity contribution is 0.0997. The van der Waals surface area contributed by atoms with Gasteiger partial charge in [-0.05, 0) is 36.8 Å². The molecule has 0 unspecified atom stereocenters. The number of hydrogen-bond donors (Lipinski definition) is 2. The van der Waals surface area contributed by atoms with Crippen LogP contribution in [0.4, 0.5) is 14.5 Å². The van der Waals surface area contributed by atoms with E-state index in [1.54, 1.807) is 19.1 Å². The molecule has 2 aromatic rings. The molecule has 0 bridgehead atoms. The van der Waals surface area contributed by atoms with Crippen molar-refractivity contribution >= 4 is 11.6 Å². The summed E-state index contributed by atoms with van der Waals surface area (Å²) in [7, 11) is 0. The number of rotatable bonds is 4. The highest BCUT2D eigenvalue weighted by molar-refractivity contribution is 6.04. The van der Waals surface area contributed by atoms with Crippen LogP contribution < -0.4 is 5.32 Å². The summed E-state index contributed by atoms with van der Waals surface area (Å²) in [4.78, 5) is 12.0. The van der Waals surface area contributed by atoms with E-state index in [0.717, 1.165) is 5.56 Å². The van der Waals surface area contributed by atoms with Crippen LogP contribution in [0.3, 0.4) is 0 Å². The van der Waals surface area contributed by atoms with Gasteiger partial charge in [0.15, 0.2) is 0 Å². The van der Waals surface area contributed by atoms with Crippen molar-refractivity contribution in [1.29, 1.82) is 0 Å². The first-order valence-electron chi connectivity index (χ1n) is 6.01. The predicted octanol–water partition coefficient (Wildman–Crippen LogP) is 3.02. The highest BCUT2D eigenvalue weighted by atomic mass is 19.3. The van der Waals surface area contributed by atoms with Gasteiger partial charge in [0, 0.05) is 6.20 Å². The number of benzene rings is 1. The second-order valence-electron chi connectivity index (χ2n) is 4.41. The summed E-state index contributed by atoms with van der Waals surface area (Å²) in [6.07, 6.45) is -1.13. The number of carbonyl (C=O) groups is 1. The average molecular weight is 280 g/mol. The molecule has 4 nitrogen and oxygen atoms in total. The van der Waals surface area contributed by atoms with Crippen LogP contribution in [-0.4, -0.2) is 22.0 Å². The average Bonchev–Trinajstić information content (AvgIpc) is 2.80. The Kier molecular flexibility index (Phi) is 4.02. The van der Waals surface area contributed by atoms with Crippen LogP contribution in [0.5, 0.6) is 5.75 Å². The molecule has 2 rings (SSSR count). The zero-order chi connectivity index (χ0) is 14.7. The van der Waals surface area contributed by atoms with E-state index in [4.69, 9.17) is 0 Å². The molecule has 0 aliphatic rings. The molecule has 0 aliphatic heterocycles. The molecule has 0 fully saturated rings. The topological polar surface area (TPSA) is 54.3 Å². The summed E-state index contributed by atoms with van der Waals surface area (Å²) in [5, 5.41) is 12.2. The van der Waals surface area contributed by atoms with Gasteiger partial charge in [-0.15, -0.1) is 0 Å². The summed E-state index contributed by atoms with van der Waals surface area (Å²) in [6, 6.07) is 7.76. The fourth-order valence-electron chi connectivity index (χ4n) is 1.86. The van der Waals surface area contributed by atoms with Crippen molar-refractivity contribution in [3.05, 3.63) is 47.8 Å². The number of anilines is 1. The quantitative estimate of drug-likeness (QED) is 0.846. The number of aromatic nitrogens is 1. The van der Waals surface area contributed by atoms with Crippen molar-refractivity contribution in [1.82, 2.24) is 4.57 Å². The van der Waals surface area contributed by atoms with Gasteiger partial charge in [0.2, 0.25) is 0 Å². The zero-order valence-electron chi connectivity index (χ0n) is 10.8. The number of phenolic OH excluding ortho intramolecular Hbond substituents is 1. The van der Waals surface area contributed by atoms with Crippen molar-refractivity contribution in [3.8, 4) is 5.75 Å². The SMILES string of the molecule is Cc1ccc(NC(=O)c2cccn2CC(F)F)c(O)c1. The van der Waals surface area contributed by atoms with Gasteiger partial charge in [-0.3, -0.25) is 4.79 Å². The van der Waals surface area contributed by atoms with Crippen molar-refractivity contribution in [2.45, 2.75) is 19.9 Å². The Labute approximate surface area is 114 Å². The van der Waals surface area contributed by atoms with Gasteiger partial charge in [-0.1, -0.05) is 6.07 Å². The third-order valence-electron chi connectivity index (χ3n) is 2.80. The third kappa shape index (κ3) is 3.14. The van der Waals surface area contributed by atoms with Crippen LogP contribution >= 0.6 is 0 Å². The molecule has 1 aromatic carbocycles. The number of hydrogen-bond acceptors (Lipinski definition) is 2. The van der Waals surface area contributed by atoms with Crippen LogP contribution in [0.25, 0.3) is 0 Å². The lowest BCUT2D eigenvalue weighted by atomic mass is 10.2. The molecule has 1 amide bonds. The summed E-state index contributed by atoms with van der Waals surface area (Å²) in [5.41, 5.74) is 1.21. The minimum absolute atomic E-state index is 0.0645. The largest absolute Gasteiger partial charge is 0.506 e. The Bertz CT molecular complexity index is 623. The van der Waals surface area contributed by atoms with Gasteiger partial charge in [-0.2, -0.15) is 0 Å². The van der Waals surface area contributed by atoms with Gasteiger partial charge in [0.05, 0.1) is 12.2 Å². The molecule has 2 N–H and O–H groups in total. The fraction of sp³-hybridized carbons (Fsp3) is 0.214. The van der Waals surface area contributed by atoms with Gasteiger partial charge in [0.1, 0.15) is 11.4 Å². The van der Waals surface area contributed by atoms with E-state index in [0.29, 0.717) is 0 Å². The first kappa shape index (κ1) is 14.0. The number of nitrogens with one attached hydrogen (secondary N) is 1.